The summed E-state index contributed by atoms with van der Waals surface area (Å²) in [5.41, 5.74) is 1.20. The van der Waals surface area contributed by atoms with E-state index in [2.05, 4.69) is 33.8 Å². The van der Waals surface area contributed by atoms with Crippen LogP contribution in [-0.4, -0.2) is 27.7 Å². The van der Waals surface area contributed by atoms with Crippen molar-refractivity contribution in [3.8, 4) is 0 Å². The average Bonchev–Trinajstić information content (AvgIpc) is 2.90. The Balaban J connectivity index is 1.49. The van der Waals surface area contributed by atoms with E-state index in [0.717, 1.165) is 18.8 Å². The van der Waals surface area contributed by atoms with Crippen molar-refractivity contribution < 1.29 is 4.52 Å². The number of nitrogens with one attached hydrogen (secondary N) is 1. The van der Waals surface area contributed by atoms with Gasteiger partial charge in [0.25, 0.3) is 0 Å². The van der Waals surface area contributed by atoms with E-state index < -0.39 is 0 Å². The lowest BCUT2D eigenvalue weighted by molar-refractivity contribution is 0.324. The predicted molar refractivity (Wildman–Crippen MR) is 85.3 cm³/mol. The fraction of sp³-hybridized carbons (Fsp3) is 0.500. The maximum atomic E-state index is 5.31. The third-order valence-electron chi connectivity index (χ3n) is 4.14. The highest BCUT2D eigenvalue weighted by molar-refractivity contribution is 8.00. The monoisotopic (exact) mass is 303 g/mol. The van der Waals surface area contributed by atoms with E-state index >= 15 is 0 Å². The summed E-state index contributed by atoms with van der Waals surface area (Å²) in [5, 5.41) is 7.51. The molecule has 0 unspecified atom stereocenters. The van der Waals surface area contributed by atoms with Crippen LogP contribution in [0, 0.1) is 0 Å². The van der Waals surface area contributed by atoms with Crippen LogP contribution in [0.4, 0.5) is 0 Å². The number of hydrogen-bond acceptors (Lipinski definition) is 5. The molecule has 4 nitrogen and oxygen atoms in total. The van der Waals surface area contributed by atoms with E-state index in [1.165, 1.54) is 24.8 Å². The molecule has 2 aromatic rings. The van der Waals surface area contributed by atoms with Gasteiger partial charge in [0, 0.05) is 17.7 Å². The Morgan fingerprint density at radius 1 is 1.29 bits per heavy atom. The average molecular weight is 303 g/mol. The Hall–Kier alpha value is -1.33. The highest BCUT2D eigenvalue weighted by atomic mass is 32.2. The van der Waals surface area contributed by atoms with Crippen molar-refractivity contribution in [3.63, 3.8) is 0 Å². The zero-order chi connectivity index (χ0) is 14.5. The first-order valence-electron chi connectivity index (χ1n) is 7.41. The van der Waals surface area contributed by atoms with E-state index in [-0.39, 0.29) is 0 Å². The summed E-state index contributed by atoms with van der Waals surface area (Å²) in [6.45, 7) is 1.68. The molecule has 3 rings (SSSR count). The van der Waals surface area contributed by atoms with Gasteiger partial charge in [0.1, 0.15) is 0 Å². The first kappa shape index (κ1) is 14.6. The molecule has 0 saturated heterocycles. The van der Waals surface area contributed by atoms with Gasteiger partial charge >= 0.3 is 0 Å². The number of nitrogens with zero attached hydrogens (tertiary/aromatic N) is 2. The molecular formula is C16H21N3OS. The molecule has 5 heteroatoms. The van der Waals surface area contributed by atoms with E-state index in [4.69, 9.17) is 4.52 Å². The lowest BCUT2D eigenvalue weighted by Crippen LogP contribution is -2.43. The minimum atomic E-state index is 0.437. The molecule has 1 saturated carbocycles. The minimum Gasteiger partial charge on any atom is -0.338 e. The molecule has 0 amide bonds. The summed E-state index contributed by atoms with van der Waals surface area (Å²) in [6, 6.07) is 10.2. The summed E-state index contributed by atoms with van der Waals surface area (Å²) in [7, 11) is 0. The van der Waals surface area contributed by atoms with Crippen LogP contribution in [0.25, 0.3) is 0 Å². The number of thioether (sulfide) groups is 1. The molecule has 21 heavy (non-hydrogen) atoms. The van der Waals surface area contributed by atoms with E-state index in [9.17, 15) is 0 Å². The minimum absolute atomic E-state index is 0.437. The van der Waals surface area contributed by atoms with Gasteiger partial charge in [0.2, 0.25) is 5.89 Å². The summed E-state index contributed by atoms with van der Waals surface area (Å²) < 4.78 is 5.74. The molecule has 1 aromatic heterocycles. The Morgan fingerprint density at radius 3 is 2.76 bits per heavy atom. The van der Waals surface area contributed by atoms with Gasteiger partial charge in [-0.05, 0) is 24.7 Å². The topological polar surface area (TPSA) is 51.0 Å². The van der Waals surface area contributed by atoms with Gasteiger partial charge in [0.05, 0.1) is 6.54 Å². The zero-order valence-electron chi connectivity index (χ0n) is 12.3. The Labute approximate surface area is 129 Å². The van der Waals surface area contributed by atoms with Gasteiger partial charge in [-0.1, -0.05) is 41.9 Å². The number of benzene rings is 1. The van der Waals surface area contributed by atoms with Crippen molar-refractivity contribution in [1.29, 1.82) is 0 Å². The fourth-order valence-electron chi connectivity index (χ4n) is 2.63. The highest BCUT2D eigenvalue weighted by Gasteiger charge is 2.35. The predicted octanol–water partition coefficient (Wildman–Crippen LogP) is 3.04. The first-order valence-corrected chi connectivity index (χ1v) is 8.63. The third kappa shape index (κ3) is 3.66. The standard InChI is InChI=1S/C16H21N3OS/c1-21-16(8-5-9-16)12-17-11-15-18-14(19-20-15)10-13-6-3-2-4-7-13/h2-4,6-7,17H,5,8-12H2,1H3. The summed E-state index contributed by atoms with van der Waals surface area (Å²) in [4.78, 5) is 4.45. The molecule has 1 aromatic carbocycles. The summed E-state index contributed by atoms with van der Waals surface area (Å²) >= 11 is 1.97. The SMILES string of the molecule is CSC1(CNCc2nc(Cc3ccccc3)no2)CCC1. The van der Waals surface area contributed by atoms with Crippen LogP contribution in [0.1, 0.15) is 36.5 Å². The van der Waals surface area contributed by atoms with Gasteiger partial charge in [-0.25, -0.2) is 0 Å². The van der Waals surface area contributed by atoms with Crippen molar-refractivity contribution in [3.05, 3.63) is 47.6 Å². The molecule has 0 aliphatic heterocycles. The molecule has 0 spiro atoms. The van der Waals surface area contributed by atoms with Gasteiger partial charge in [-0.15, -0.1) is 0 Å². The van der Waals surface area contributed by atoms with Crippen LogP contribution in [0.5, 0.6) is 0 Å². The summed E-state index contributed by atoms with van der Waals surface area (Å²) in [5.74, 6) is 1.43. The molecule has 0 bridgehead atoms. The first-order chi connectivity index (χ1) is 10.3. The van der Waals surface area contributed by atoms with Crippen molar-refractivity contribution in [1.82, 2.24) is 15.5 Å². The highest BCUT2D eigenvalue weighted by Crippen LogP contribution is 2.42. The van der Waals surface area contributed by atoms with Crippen LogP contribution < -0.4 is 5.32 Å². The van der Waals surface area contributed by atoms with Gasteiger partial charge in [-0.3, -0.25) is 0 Å². The van der Waals surface area contributed by atoms with E-state index in [0.29, 0.717) is 17.2 Å². The number of hydrogen-bond donors (Lipinski definition) is 1. The zero-order valence-corrected chi connectivity index (χ0v) is 13.2. The van der Waals surface area contributed by atoms with Gasteiger partial charge in [0.15, 0.2) is 5.82 Å². The van der Waals surface area contributed by atoms with Crippen LogP contribution in [0.15, 0.2) is 34.9 Å². The van der Waals surface area contributed by atoms with Crippen molar-refractivity contribution in [2.75, 3.05) is 12.8 Å². The Kier molecular flexibility index (Phi) is 4.60. The molecule has 0 radical (unpaired) electrons. The molecule has 112 valence electrons. The smallest absolute Gasteiger partial charge is 0.240 e. The van der Waals surface area contributed by atoms with Crippen molar-refractivity contribution in [2.24, 2.45) is 0 Å². The maximum absolute atomic E-state index is 5.31. The second-order valence-corrected chi connectivity index (χ2v) is 6.89. The molecule has 0 atom stereocenters. The molecular weight excluding hydrogens is 282 g/mol. The normalized spacial score (nSPS) is 16.6. The second-order valence-electron chi connectivity index (χ2n) is 5.61. The fourth-order valence-corrected chi connectivity index (χ4v) is 3.58. The van der Waals surface area contributed by atoms with Gasteiger partial charge in [-0.2, -0.15) is 16.7 Å². The molecule has 1 aliphatic rings. The van der Waals surface area contributed by atoms with Crippen molar-refractivity contribution in [2.45, 2.75) is 37.0 Å². The summed E-state index contributed by atoms with van der Waals surface area (Å²) in [6.07, 6.45) is 6.89. The maximum Gasteiger partial charge on any atom is 0.240 e. The molecule has 1 heterocycles. The van der Waals surface area contributed by atoms with E-state index in [1.54, 1.807) is 0 Å². The van der Waals surface area contributed by atoms with Crippen molar-refractivity contribution >= 4 is 11.8 Å². The second kappa shape index (κ2) is 6.62. The third-order valence-corrected chi connectivity index (χ3v) is 5.56. The van der Waals surface area contributed by atoms with Crippen LogP contribution in [0.2, 0.25) is 0 Å². The molecule has 1 aliphatic carbocycles. The molecule has 1 fully saturated rings. The van der Waals surface area contributed by atoms with E-state index in [1.807, 2.05) is 30.0 Å². The number of aromatic nitrogens is 2. The van der Waals surface area contributed by atoms with Crippen LogP contribution >= 0.6 is 11.8 Å². The van der Waals surface area contributed by atoms with Gasteiger partial charge < -0.3 is 9.84 Å². The van der Waals surface area contributed by atoms with Crippen LogP contribution in [-0.2, 0) is 13.0 Å². The lowest BCUT2D eigenvalue weighted by Gasteiger charge is -2.40. The van der Waals surface area contributed by atoms with Crippen LogP contribution in [0.3, 0.4) is 0 Å². The molecule has 1 N–H and O–H groups in total. The quantitative estimate of drug-likeness (QED) is 0.852. The Bertz CT molecular complexity index is 560. The lowest BCUT2D eigenvalue weighted by atomic mass is 9.84. The number of rotatable bonds is 7. The Morgan fingerprint density at radius 2 is 2.10 bits per heavy atom. The largest absolute Gasteiger partial charge is 0.338 e.